The molecule has 5 nitrogen and oxygen atoms in total. The van der Waals surface area contributed by atoms with Crippen LogP contribution < -0.4 is 0 Å². The summed E-state index contributed by atoms with van der Waals surface area (Å²) < 4.78 is 0. The number of rotatable bonds is 0. The third kappa shape index (κ3) is 258. The van der Waals surface area contributed by atoms with Crippen LogP contribution in [0.25, 0.3) is 0 Å². The minimum atomic E-state index is 0. The SMILES string of the molecule is O.O.O.O.O.[S-2].[Zn+2]. The van der Waals surface area contributed by atoms with E-state index in [-0.39, 0.29) is 60.4 Å². The quantitative estimate of drug-likeness (QED) is 0.338. The van der Waals surface area contributed by atoms with Crippen LogP contribution in [0, 0.1) is 0 Å². The average molecular weight is 188 g/mol. The topological polar surface area (TPSA) is 158 Å². The van der Waals surface area contributed by atoms with Crippen LogP contribution in [0.1, 0.15) is 0 Å². The van der Waals surface area contributed by atoms with Gasteiger partial charge in [0.2, 0.25) is 0 Å². The molecule has 10 N–H and O–H groups in total. The molecule has 0 bridgehead atoms. The monoisotopic (exact) mass is 186 g/mol. The van der Waals surface area contributed by atoms with Crippen molar-refractivity contribution in [1.29, 1.82) is 0 Å². The van der Waals surface area contributed by atoms with Crippen molar-refractivity contribution >= 4 is 13.5 Å². The van der Waals surface area contributed by atoms with Gasteiger partial charge in [0.05, 0.1) is 0 Å². The summed E-state index contributed by atoms with van der Waals surface area (Å²) in [5.41, 5.74) is 0. The van der Waals surface area contributed by atoms with Gasteiger partial charge < -0.3 is 40.9 Å². The zero-order valence-electron chi connectivity index (χ0n) is 3.62. The molecule has 0 aliphatic carbocycles. The van der Waals surface area contributed by atoms with Crippen molar-refractivity contribution in [2.24, 2.45) is 0 Å². The maximum absolute atomic E-state index is 0. The smallest absolute Gasteiger partial charge is 2.00 e. The molecule has 0 radical (unpaired) electrons. The third-order valence-corrected chi connectivity index (χ3v) is 0. The third-order valence-electron chi connectivity index (χ3n) is 0. The maximum atomic E-state index is 0. The van der Waals surface area contributed by atoms with E-state index in [1.807, 2.05) is 0 Å². The molecule has 0 aliphatic heterocycles. The molecule has 0 aromatic heterocycles. The van der Waals surface area contributed by atoms with Crippen LogP contribution in [0.2, 0.25) is 0 Å². The van der Waals surface area contributed by atoms with Gasteiger partial charge in [-0.3, -0.25) is 0 Å². The Kier molecular flexibility index (Phi) is 32200. The van der Waals surface area contributed by atoms with Gasteiger partial charge in [-0.15, -0.1) is 0 Å². The summed E-state index contributed by atoms with van der Waals surface area (Å²) in [6.45, 7) is 0. The molecule has 48 valence electrons. The maximum Gasteiger partial charge on any atom is 2.00 e. The summed E-state index contributed by atoms with van der Waals surface area (Å²) in [5.74, 6) is 0. The van der Waals surface area contributed by atoms with Crippen LogP contribution >= 0.6 is 0 Å². The van der Waals surface area contributed by atoms with Crippen molar-refractivity contribution in [3.8, 4) is 0 Å². The summed E-state index contributed by atoms with van der Waals surface area (Å²) >= 11 is 0. The van der Waals surface area contributed by atoms with Crippen molar-refractivity contribution in [2.45, 2.75) is 0 Å². The van der Waals surface area contributed by atoms with Gasteiger partial charge in [-0.1, -0.05) is 0 Å². The van der Waals surface area contributed by atoms with Crippen LogP contribution in [0.5, 0.6) is 0 Å². The standard InChI is InChI=1S/5H2O.S.Zn/h5*1H2;;/q;;;;;-2;+2. The van der Waals surface area contributed by atoms with E-state index >= 15 is 0 Å². The number of hydrogen-bond donors (Lipinski definition) is 0. The molecule has 7 heavy (non-hydrogen) atoms. The molecule has 0 saturated heterocycles. The van der Waals surface area contributed by atoms with E-state index in [4.69, 9.17) is 0 Å². The normalized spacial score (nSPS) is 0. The minimum absolute atomic E-state index is 0. The second kappa shape index (κ2) is 377. The van der Waals surface area contributed by atoms with Crippen molar-refractivity contribution in [3.63, 3.8) is 0 Å². The molecule has 0 heterocycles. The van der Waals surface area contributed by atoms with E-state index in [1.165, 1.54) is 0 Å². The van der Waals surface area contributed by atoms with E-state index in [0.717, 1.165) is 0 Å². The van der Waals surface area contributed by atoms with Crippen molar-refractivity contribution in [1.82, 2.24) is 0 Å². The summed E-state index contributed by atoms with van der Waals surface area (Å²) in [7, 11) is 0. The molecule has 0 fully saturated rings. The van der Waals surface area contributed by atoms with Crippen LogP contribution in [-0.4, -0.2) is 27.4 Å². The van der Waals surface area contributed by atoms with E-state index in [0.29, 0.717) is 0 Å². The molecule has 7 heteroatoms. The van der Waals surface area contributed by atoms with Gasteiger partial charge in [0.1, 0.15) is 0 Å². The van der Waals surface area contributed by atoms with Crippen molar-refractivity contribution in [2.75, 3.05) is 0 Å². The Bertz CT molecular complexity index is 8.04. The van der Waals surface area contributed by atoms with Gasteiger partial charge in [0.25, 0.3) is 0 Å². The fraction of sp³-hybridized carbons (Fsp3) is 0. The zero-order valence-corrected chi connectivity index (χ0v) is 7.40. The Balaban J connectivity index is 0. The molecule has 0 aromatic rings. The summed E-state index contributed by atoms with van der Waals surface area (Å²) in [6.07, 6.45) is 0. The first-order chi connectivity index (χ1) is 0. The minimum Gasteiger partial charge on any atom is -2.00 e. The second-order valence-corrected chi connectivity index (χ2v) is 0. The summed E-state index contributed by atoms with van der Waals surface area (Å²) in [4.78, 5) is 0. The first-order valence-corrected chi connectivity index (χ1v) is 0. The summed E-state index contributed by atoms with van der Waals surface area (Å²) in [5, 5.41) is 0. The molecule has 0 amide bonds. The first kappa shape index (κ1) is 596. The van der Waals surface area contributed by atoms with Gasteiger partial charge in [0.15, 0.2) is 0 Å². The van der Waals surface area contributed by atoms with Gasteiger partial charge >= 0.3 is 19.5 Å². The molecule has 0 spiro atoms. The van der Waals surface area contributed by atoms with E-state index < -0.39 is 0 Å². The molecule has 0 atom stereocenters. The predicted octanol–water partition coefficient (Wildman–Crippen LogP) is -4.13. The van der Waals surface area contributed by atoms with Crippen LogP contribution in [-0.2, 0) is 33.0 Å². The second-order valence-electron chi connectivity index (χ2n) is 0. The van der Waals surface area contributed by atoms with E-state index in [9.17, 15) is 0 Å². The predicted molar refractivity (Wildman–Crippen MR) is 25.4 cm³/mol. The summed E-state index contributed by atoms with van der Waals surface area (Å²) in [6, 6.07) is 0. The van der Waals surface area contributed by atoms with Crippen molar-refractivity contribution in [3.05, 3.63) is 0 Å². The Hall–Kier alpha value is 0.773. The molecule has 0 aromatic carbocycles. The van der Waals surface area contributed by atoms with Gasteiger partial charge in [-0.05, 0) is 0 Å². The first-order valence-electron chi connectivity index (χ1n) is 0. The van der Waals surface area contributed by atoms with E-state index in [2.05, 4.69) is 0 Å². The van der Waals surface area contributed by atoms with Crippen LogP contribution in [0.4, 0.5) is 0 Å². The fourth-order valence-electron chi connectivity index (χ4n) is 0. The molecule has 0 saturated carbocycles. The molecule has 0 rings (SSSR count). The van der Waals surface area contributed by atoms with Gasteiger partial charge in [-0.25, -0.2) is 0 Å². The Labute approximate surface area is 60.8 Å². The van der Waals surface area contributed by atoms with Crippen molar-refractivity contribution < 1.29 is 46.9 Å². The molecular formula is H10O5SZn. The Morgan fingerprint density at radius 2 is 0.429 bits per heavy atom. The van der Waals surface area contributed by atoms with E-state index in [1.54, 1.807) is 0 Å². The Morgan fingerprint density at radius 3 is 0.429 bits per heavy atom. The molecule has 0 aliphatic rings. The largest absolute Gasteiger partial charge is 2.00 e. The zero-order chi connectivity index (χ0) is 0. The van der Waals surface area contributed by atoms with Gasteiger partial charge in [-0.2, -0.15) is 0 Å². The molecule has 0 unspecified atom stereocenters. The van der Waals surface area contributed by atoms with Gasteiger partial charge in [0, 0.05) is 0 Å². The number of hydrogen-bond acceptors (Lipinski definition) is 0. The Morgan fingerprint density at radius 1 is 0.429 bits per heavy atom. The molecular weight excluding hydrogens is 177 g/mol. The fourth-order valence-corrected chi connectivity index (χ4v) is 0. The average Bonchev–Trinajstić information content (AvgIpc) is 0. The van der Waals surface area contributed by atoms with Crippen LogP contribution in [0.15, 0.2) is 0 Å². The van der Waals surface area contributed by atoms with Crippen LogP contribution in [0.3, 0.4) is 0 Å².